The Hall–Kier alpha value is -1.62. The number of hydrogen-bond acceptors (Lipinski definition) is 5. The third kappa shape index (κ3) is 8.59. The van der Waals surface area contributed by atoms with Crippen LogP contribution in [0.1, 0.15) is 20.3 Å². The summed E-state index contributed by atoms with van der Waals surface area (Å²) < 4.78 is 37.3. The lowest BCUT2D eigenvalue weighted by Crippen LogP contribution is -2.38. The molecule has 0 heterocycles. The first-order valence-corrected chi connectivity index (χ1v) is 11.7. The second-order valence-electron chi connectivity index (χ2n) is 5.69. The molecule has 0 bridgehead atoms. The number of ether oxygens (including phenoxy) is 2. The molecule has 1 aromatic carbocycles. The van der Waals surface area contributed by atoms with Crippen LogP contribution in [0.2, 0.25) is 0 Å². The Morgan fingerprint density at radius 2 is 1.64 bits per heavy atom. The van der Waals surface area contributed by atoms with Crippen LogP contribution in [0.25, 0.3) is 9.69 Å². The Balaban J connectivity index is 2.57. The van der Waals surface area contributed by atoms with E-state index in [0.29, 0.717) is 63.1 Å². The van der Waals surface area contributed by atoms with Crippen molar-refractivity contribution in [3.63, 3.8) is 0 Å². The minimum Gasteiger partial charge on any atom is -0.380 e. The van der Waals surface area contributed by atoms with Crippen molar-refractivity contribution in [3.05, 3.63) is 41.0 Å². The molecule has 0 unspecified atom stereocenters. The van der Waals surface area contributed by atoms with Gasteiger partial charge in [-0.05, 0) is 30.9 Å². The topological polar surface area (TPSA) is 64.6 Å². The average molecular weight is 426 g/mol. The average Bonchev–Trinajstić information content (AvgIpc) is 2.70. The lowest BCUT2D eigenvalue weighted by molar-refractivity contribution is 0.110. The summed E-state index contributed by atoms with van der Waals surface area (Å²) in [5.41, 5.74) is 0.659. The van der Waals surface area contributed by atoms with Gasteiger partial charge in [0.15, 0.2) is 11.4 Å². The third-order valence-corrected chi connectivity index (χ3v) is 6.81. The highest BCUT2D eigenvalue weighted by Crippen LogP contribution is 2.33. The molecule has 0 aliphatic rings. The monoisotopic (exact) mass is 425 g/mol. The molecule has 0 atom stereocenters. The van der Waals surface area contributed by atoms with Crippen LogP contribution in [0.15, 0.2) is 23.1 Å². The van der Waals surface area contributed by atoms with E-state index in [1.807, 2.05) is 13.8 Å². The van der Waals surface area contributed by atoms with Gasteiger partial charge in [0.25, 0.3) is 0 Å². The molecule has 1 rings (SSSR count). The maximum atomic E-state index is 12.6. The molecule has 0 aliphatic heterocycles. The number of thioether (sulfide) groups is 1. The van der Waals surface area contributed by atoms with Gasteiger partial charge in [-0.25, -0.2) is 8.42 Å². The Bertz CT molecular complexity index is 775. The minimum absolute atomic E-state index is 0.0497. The first-order chi connectivity index (χ1) is 13.5. The maximum Gasteiger partial charge on any atom is 0.214 e. The highest BCUT2D eigenvalue weighted by Gasteiger charge is 2.21. The largest absolute Gasteiger partial charge is 0.380 e. The smallest absolute Gasteiger partial charge is 0.214 e. The van der Waals surface area contributed by atoms with Crippen LogP contribution < -0.4 is 0 Å². The van der Waals surface area contributed by atoms with E-state index >= 15 is 0 Å². The fourth-order valence-electron chi connectivity index (χ4n) is 2.35. The van der Waals surface area contributed by atoms with Crippen molar-refractivity contribution in [1.29, 1.82) is 0 Å². The molecule has 0 N–H and O–H groups in total. The van der Waals surface area contributed by atoms with Gasteiger partial charge in [0.2, 0.25) is 10.0 Å². The normalized spacial score (nSPS) is 11.3. The maximum absolute atomic E-state index is 12.6. The molecule has 0 amide bonds. The lowest BCUT2D eigenvalue weighted by Gasteiger charge is -2.22. The van der Waals surface area contributed by atoms with Gasteiger partial charge >= 0.3 is 0 Å². The molecule has 0 spiro atoms. The fourth-order valence-corrected chi connectivity index (χ4v) is 4.89. The summed E-state index contributed by atoms with van der Waals surface area (Å²) in [4.78, 5) is 7.54. The van der Waals surface area contributed by atoms with Crippen LogP contribution in [0.5, 0.6) is 0 Å². The van der Waals surface area contributed by atoms with Gasteiger partial charge in [-0.3, -0.25) is 9.69 Å². The molecule has 0 fully saturated rings. The second kappa shape index (κ2) is 13.5. The van der Waals surface area contributed by atoms with Gasteiger partial charge in [-0.2, -0.15) is 4.31 Å². The van der Waals surface area contributed by atoms with Gasteiger partial charge < -0.3 is 9.47 Å². The van der Waals surface area contributed by atoms with Gasteiger partial charge in [-0.1, -0.05) is 18.2 Å². The molecule has 0 saturated heterocycles. The molecule has 1 aromatic rings. The first-order valence-electron chi connectivity index (χ1n) is 9.13. The second-order valence-corrected chi connectivity index (χ2v) is 8.94. The van der Waals surface area contributed by atoms with Crippen LogP contribution in [0, 0.1) is 13.1 Å². The number of sulfonamides is 1. The van der Waals surface area contributed by atoms with Crippen LogP contribution in [-0.2, 0) is 19.5 Å². The molecule has 7 nitrogen and oxygen atoms in total. The summed E-state index contributed by atoms with van der Waals surface area (Å²) in [6, 6.07) is 5.09. The summed E-state index contributed by atoms with van der Waals surface area (Å²) in [5, 5.41) is 0. The number of hydrogen-bond donors (Lipinski definition) is 0. The Kier molecular flexibility index (Phi) is 11.8. The van der Waals surface area contributed by atoms with Crippen molar-refractivity contribution in [2.24, 2.45) is 0 Å². The molecule has 0 saturated carbocycles. The first kappa shape index (κ1) is 24.4. The SMILES string of the molecule is [C-]#[N+]c1ccc(SCCCS(=O)(=O)N(CCOCC)CCOCC)cc1[N+]#[C-]. The van der Waals surface area contributed by atoms with Crippen LogP contribution >= 0.6 is 11.8 Å². The zero-order chi connectivity index (χ0) is 20.8. The van der Waals surface area contributed by atoms with Crippen molar-refractivity contribution in [3.8, 4) is 0 Å². The van der Waals surface area contributed by atoms with E-state index in [0.717, 1.165) is 4.90 Å². The molecule has 9 heteroatoms. The van der Waals surface area contributed by atoms with E-state index in [1.54, 1.807) is 18.2 Å². The standard InChI is InChI=1S/C19H27N3O4S2/c1-5-25-12-10-22(11-13-26-6-2)28(23,24)15-7-14-27-17-8-9-18(20-3)19(16-17)21-4/h8-9,16H,5-7,10-15H2,1-2H3. The molecule has 154 valence electrons. The van der Waals surface area contributed by atoms with E-state index in [-0.39, 0.29) is 5.75 Å². The number of benzene rings is 1. The molecule has 0 aromatic heterocycles. The van der Waals surface area contributed by atoms with Gasteiger partial charge in [0.05, 0.1) is 32.1 Å². The van der Waals surface area contributed by atoms with E-state index in [4.69, 9.17) is 22.6 Å². The zero-order valence-electron chi connectivity index (χ0n) is 16.4. The van der Waals surface area contributed by atoms with Gasteiger partial charge in [0, 0.05) is 26.3 Å². The Labute approximate surface area is 172 Å². The van der Waals surface area contributed by atoms with Crippen molar-refractivity contribution >= 4 is 33.2 Å². The number of rotatable bonds is 14. The highest BCUT2D eigenvalue weighted by atomic mass is 32.2. The third-order valence-electron chi connectivity index (χ3n) is 3.77. The Morgan fingerprint density at radius 1 is 1.04 bits per heavy atom. The summed E-state index contributed by atoms with van der Waals surface area (Å²) >= 11 is 1.49. The quantitative estimate of drug-likeness (QED) is 0.256. The molecular weight excluding hydrogens is 398 g/mol. The van der Waals surface area contributed by atoms with Crippen LogP contribution in [0.3, 0.4) is 0 Å². The molecule has 0 radical (unpaired) electrons. The van der Waals surface area contributed by atoms with Gasteiger partial charge in [0.1, 0.15) is 0 Å². The minimum atomic E-state index is -3.39. The van der Waals surface area contributed by atoms with E-state index in [1.165, 1.54) is 16.1 Å². The van der Waals surface area contributed by atoms with Crippen molar-refractivity contribution in [1.82, 2.24) is 4.31 Å². The predicted octanol–water partition coefficient (Wildman–Crippen LogP) is 3.98. The van der Waals surface area contributed by atoms with Crippen LogP contribution in [0.4, 0.5) is 11.4 Å². The van der Waals surface area contributed by atoms with Crippen LogP contribution in [-0.4, -0.2) is 63.7 Å². The summed E-state index contributed by atoms with van der Waals surface area (Å²) in [7, 11) is -3.39. The molecular formula is C19H27N3O4S2. The number of nitrogens with zero attached hydrogens (tertiary/aromatic N) is 3. The highest BCUT2D eigenvalue weighted by molar-refractivity contribution is 7.99. The van der Waals surface area contributed by atoms with Crippen molar-refractivity contribution < 1.29 is 17.9 Å². The van der Waals surface area contributed by atoms with E-state index < -0.39 is 10.0 Å². The van der Waals surface area contributed by atoms with Gasteiger partial charge in [-0.15, -0.1) is 11.8 Å². The summed E-state index contributed by atoms with van der Waals surface area (Å²) in [6.45, 7) is 20.4. The predicted molar refractivity (Wildman–Crippen MR) is 113 cm³/mol. The van der Waals surface area contributed by atoms with Crippen molar-refractivity contribution in [2.75, 3.05) is 51.0 Å². The zero-order valence-corrected chi connectivity index (χ0v) is 18.0. The molecule has 28 heavy (non-hydrogen) atoms. The van der Waals surface area contributed by atoms with E-state index in [9.17, 15) is 8.42 Å². The lowest BCUT2D eigenvalue weighted by atomic mass is 10.3. The summed E-state index contributed by atoms with van der Waals surface area (Å²) in [6.07, 6.45) is 0.491. The van der Waals surface area contributed by atoms with Crippen molar-refractivity contribution in [2.45, 2.75) is 25.2 Å². The molecule has 0 aliphatic carbocycles. The fraction of sp³-hybridized carbons (Fsp3) is 0.579. The summed E-state index contributed by atoms with van der Waals surface area (Å²) in [5.74, 6) is 0.660. The Morgan fingerprint density at radius 3 is 2.18 bits per heavy atom. The van der Waals surface area contributed by atoms with E-state index in [2.05, 4.69) is 9.69 Å².